The predicted molar refractivity (Wildman–Crippen MR) is 60.0 cm³/mol. The molecule has 0 bridgehead atoms. The van der Waals surface area contributed by atoms with Crippen molar-refractivity contribution in [3.05, 3.63) is 18.3 Å². The maximum Gasteiger partial charge on any atom is 0.168 e. The molecule has 0 aliphatic carbocycles. The molecule has 0 amide bonds. The Hall–Kier alpha value is -1.29. The fourth-order valence-corrected chi connectivity index (χ4v) is 1.87. The van der Waals surface area contributed by atoms with E-state index < -0.39 is 0 Å². The number of pyridine rings is 1. The zero-order valence-corrected chi connectivity index (χ0v) is 8.74. The molecule has 0 spiro atoms. The first-order chi connectivity index (χ1) is 7.36. The average molecular weight is 207 g/mol. The van der Waals surface area contributed by atoms with Crippen LogP contribution in [0.4, 0.5) is 5.82 Å². The van der Waals surface area contributed by atoms with Crippen molar-refractivity contribution in [2.24, 2.45) is 5.92 Å². The standard InChI is InChI=1S/C11H17N3O/c15-10-4-2-6-13-11(10)14-8-9-3-1-5-12-7-9/h2,4,6,9,12,15H,1,3,5,7-8H2,(H,13,14). The van der Waals surface area contributed by atoms with Gasteiger partial charge in [0.05, 0.1) is 0 Å². The summed E-state index contributed by atoms with van der Waals surface area (Å²) in [5.74, 6) is 1.45. The zero-order chi connectivity index (χ0) is 10.5. The third-order valence-electron chi connectivity index (χ3n) is 2.74. The number of piperidine rings is 1. The number of hydrogen-bond acceptors (Lipinski definition) is 4. The third-order valence-corrected chi connectivity index (χ3v) is 2.74. The van der Waals surface area contributed by atoms with Crippen molar-refractivity contribution in [2.45, 2.75) is 12.8 Å². The number of nitrogens with one attached hydrogen (secondary N) is 2. The van der Waals surface area contributed by atoms with Gasteiger partial charge >= 0.3 is 0 Å². The summed E-state index contributed by atoms with van der Waals surface area (Å²) in [5, 5.41) is 16.0. The van der Waals surface area contributed by atoms with Crippen LogP contribution in [0.15, 0.2) is 18.3 Å². The van der Waals surface area contributed by atoms with Gasteiger partial charge in [-0.3, -0.25) is 0 Å². The number of aromatic hydroxyl groups is 1. The van der Waals surface area contributed by atoms with E-state index >= 15 is 0 Å². The topological polar surface area (TPSA) is 57.2 Å². The van der Waals surface area contributed by atoms with Crippen LogP contribution in [0.1, 0.15) is 12.8 Å². The lowest BCUT2D eigenvalue weighted by molar-refractivity contribution is 0.391. The summed E-state index contributed by atoms with van der Waals surface area (Å²) in [6, 6.07) is 3.37. The van der Waals surface area contributed by atoms with Crippen molar-refractivity contribution >= 4 is 5.82 Å². The lowest BCUT2D eigenvalue weighted by Gasteiger charge is -2.23. The van der Waals surface area contributed by atoms with Crippen LogP contribution in [0.5, 0.6) is 5.75 Å². The molecular weight excluding hydrogens is 190 g/mol. The van der Waals surface area contributed by atoms with E-state index in [9.17, 15) is 5.11 Å². The Morgan fingerprint density at radius 3 is 3.27 bits per heavy atom. The fourth-order valence-electron chi connectivity index (χ4n) is 1.87. The van der Waals surface area contributed by atoms with Crippen LogP contribution in [0.3, 0.4) is 0 Å². The van der Waals surface area contributed by atoms with Crippen molar-refractivity contribution < 1.29 is 5.11 Å². The molecule has 4 heteroatoms. The Kier molecular flexibility index (Phi) is 3.40. The quantitative estimate of drug-likeness (QED) is 0.697. The van der Waals surface area contributed by atoms with E-state index in [-0.39, 0.29) is 5.75 Å². The minimum atomic E-state index is 0.223. The smallest absolute Gasteiger partial charge is 0.168 e. The molecular formula is C11H17N3O. The first-order valence-corrected chi connectivity index (χ1v) is 5.45. The highest BCUT2D eigenvalue weighted by molar-refractivity contribution is 5.48. The van der Waals surface area contributed by atoms with Crippen LogP contribution >= 0.6 is 0 Å². The Morgan fingerprint density at radius 2 is 2.53 bits per heavy atom. The summed E-state index contributed by atoms with van der Waals surface area (Å²) in [7, 11) is 0. The van der Waals surface area contributed by atoms with E-state index in [0.29, 0.717) is 11.7 Å². The first kappa shape index (κ1) is 10.2. The van der Waals surface area contributed by atoms with Crippen LogP contribution in [-0.4, -0.2) is 29.7 Å². The summed E-state index contributed by atoms with van der Waals surface area (Å²) in [6.45, 7) is 3.06. The molecule has 1 aromatic rings. The van der Waals surface area contributed by atoms with Crippen molar-refractivity contribution in [1.29, 1.82) is 0 Å². The molecule has 3 N–H and O–H groups in total. The summed E-state index contributed by atoms with van der Waals surface area (Å²) >= 11 is 0. The molecule has 1 aliphatic heterocycles. The molecule has 1 aliphatic rings. The number of hydrogen-bond donors (Lipinski definition) is 3. The largest absolute Gasteiger partial charge is 0.504 e. The van der Waals surface area contributed by atoms with Gasteiger partial charge in [-0.25, -0.2) is 4.98 Å². The second kappa shape index (κ2) is 4.98. The molecule has 82 valence electrons. The lowest BCUT2D eigenvalue weighted by atomic mass is 10.00. The van der Waals surface area contributed by atoms with Crippen LogP contribution in [-0.2, 0) is 0 Å². The van der Waals surface area contributed by atoms with E-state index in [1.54, 1.807) is 18.3 Å². The molecule has 2 rings (SSSR count). The maximum absolute atomic E-state index is 9.50. The predicted octanol–water partition coefficient (Wildman–Crippen LogP) is 1.20. The lowest BCUT2D eigenvalue weighted by Crippen LogP contribution is -2.33. The molecule has 1 saturated heterocycles. The van der Waals surface area contributed by atoms with Gasteiger partial charge in [-0.05, 0) is 44.0 Å². The van der Waals surface area contributed by atoms with Gasteiger partial charge < -0.3 is 15.7 Å². The van der Waals surface area contributed by atoms with Gasteiger partial charge in [0.25, 0.3) is 0 Å². The Balaban J connectivity index is 1.84. The molecule has 0 radical (unpaired) electrons. The van der Waals surface area contributed by atoms with Gasteiger partial charge in [0, 0.05) is 12.7 Å². The summed E-state index contributed by atoms with van der Waals surface area (Å²) in [5.41, 5.74) is 0. The van der Waals surface area contributed by atoms with Crippen molar-refractivity contribution in [2.75, 3.05) is 25.0 Å². The van der Waals surface area contributed by atoms with Gasteiger partial charge in [0.1, 0.15) is 0 Å². The van der Waals surface area contributed by atoms with Gasteiger partial charge in [-0.15, -0.1) is 0 Å². The van der Waals surface area contributed by atoms with E-state index in [4.69, 9.17) is 0 Å². The van der Waals surface area contributed by atoms with Gasteiger partial charge in [-0.2, -0.15) is 0 Å². The molecule has 0 saturated carbocycles. The second-order valence-corrected chi connectivity index (χ2v) is 3.96. The van der Waals surface area contributed by atoms with Crippen LogP contribution in [0.25, 0.3) is 0 Å². The highest BCUT2D eigenvalue weighted by Gasteiger charge is 2.13. The Morgan fingerprint density at radius 1 is 1.60 bits per heavy atom. The third kappa shape index (κ3) is 2.83. The molecule has 1 aromatic heterocycles. The van der Waals surface area contributed by atoms with Crippen molar-refractivity contribution in [3.8, 4) is 5.75 Å². The summed E-state index contributed by atoms with van der Waals surface area (Å²) in [4.78, 5) is 4.08. The van der Waals surface area contributed by atoms with Crippen molar-refractivity contribution in [1.82, 2.24) is 10.3 Å². The molecule has 0 aromatic carbocycles. The van der Waals surface area contributed by atoms with Gasteiger partial charge in [0.2, 0.25) is 0 Å². The fraction of sp³-hybridized carbons (Fsp3) is 0.545. The molecule has 4 nitrogen and oxygen atoms in total. The van der Waals surface area contributed by atoms with Crippen LogP contribution < -0.4 is 10.6 Å². The highest BCUT2D eigenvalue weighted by Crippen LogP contribution is 2.19. The summed E-state index contributed by atoms with van der Waals surface area (Å²) in [6.07, 6.45) is 4.16. The number of anilines is 1. The minimum absolute atomic E-state index is 0.223. The van der Waals surface area contributed by atoms with Gasteiger partial charge in [0.15, 0.2) is 11.6 Å². The zero-order valence-electron chi connectivity index (χ0n) is 8.74. The second-order valence-electron chi connectivity index (χ2n) is 3.96. The van der Waals surface area contributed by atoms with E-state index in [2.05, 4.69) is 15.6 Å². The normalized spacial score (nSPS) is 21.2. The van der Waals surface area contributed by atoms with Crippen LogP contribution in [0, 0.1) is 5.92 Å². The number of rotatable bonds is 3. The molecule has 1 unspecified atom stereocenters. The van der Waals surface area contributed by atoms with E-state index in [1.165, 1.54) is 12.8 Å². The highest BCUT2D eigenvalue weighted by atomic mass is 16.3. The van der Waals surface area contributed by atoms with Crippen molar-refractivity contribution in [3.63, 3.8) is 0 Å². The average Bonchev–Trinajstić information content (AvgIpc) is 2.29. The Labute approximate surface area is 89.7 Å². The number of aromatic nitrogens is 1. The molecule has 1 atom stereocenters. The molecule has 1 fully saturated rings. The first-order valence-electron chi connectivity index (χ1n) is 5.45. The van der Waals surface area contributed by atoms with Gasteiger partial charge in [-0.1, -0.05) is 0 Å². The molecule has 2 heterocycles. The van der Waals surface area contributed by atoms with E-state index in [0.717, 1.165) is 19.6 Å². The van der Waals surface area contributed by atoms with Crippen LogP contribution in [0.2, 0.25) is 0 Å². The Bertz CT molecular complexity index is 310. The monoisotopic (exact) mass is 207 g/mol. The molecule has 15 heavy (non-hydrogen) atoms. The summed E-state index contributed by atoms with van der Waals surface area (Å²) < 4.78 is 0. The maximum atomic E-state index is 9.50. The van der Waals surface area contributed by atoms with E-state index in [1.807, 2.05) is 0 Å². The minimum Gasteiger partial charge on any atom is -0.504 e. The SMILES string of the molecule is Oc1cccnc1NCC1CCCNC1. The number of nitrogens with zero attached hydrogens (tertiary/aromatic N) is 1.